The van der Waals surface area contributed by atoms with Gasteiger partial charge in [-0.2, -0.15) is 0 Å². The second kappa shape index (κ2) is 7.41. The number of urea groups is 1. The number of carbonyl (C=O) groups excluding carboxylic acids is 4. The monoisotopic (exact) mass is 350 g/mol. The first-order chi connectivity index (χ1) is 12.0. The first-order valence-electron chi connectivity index (χ1n) is 9.22. The molecule has 5 amide bonds. The summed E-state index contributed by atoms with van der Waals surface area (Å²) in [5, 5.41) is 10.5. The number of imide groups is 1. The van der Waals surface area contributed by atoms with Gasteiger partial charge in [0, 0.05) is 6.04 Å². The van der Waals surface area contributed by atoms with Gasteiger partial charge in [0.25, 0.3) is 5.91 Å². The minimum absolute atomic E-state index is 0.104. The predicted molar refractivity (Wildman–Crippen MR) is 89.4 cm³/mol. The average molecular weight is 350 g/mol. The minimum atomic E-state index is -0.892. The summed E-state index contributed by atoms with van der Waals surface area (Å²) in [6, 6.07) is -1.26. The van der Waals surface area contributed by atoms with Gasteiger partial charge >= 0.3 is 6.03 Å². The van der Waals surface area contributed by atoms with Crippen LogP contribution < -0.4 is 21.3 Å². The van der Waals surface area contributed by atoms with Gasteiger partial charge in [-0.25, -0.2) is 4.79 Å². The smallest absolute Gasteiger partial charge is 0.322 e. The molecule has 4 N–H and O–H groups in total. The summed E-state index contributed by atoms with van der Waals surface area (Å²) in [6.45, 7) is 0. The fraction of sp³-hybridized carbons (Fsp3) is 0.765. The molecular weight excluding hydrogens is 324 g/mol. The zero-order valence-electron chi connectivity index (χ0n) is 14.4. The maximum Gasteiger partial charge on any atom is 0.322 e. The molecule has 3 fully saturated rings. The maximum atomic E-state index is 12.9. The molecule has 0 radical (unpaired) electrons. The van der Waals surface area contributed by atoms with E-state index >= 15 is 0 Å². The van der Waals surface area contributed by atoms with Gasteiger partial charge in [0.2, 0.25) is 11.8 Å². The number of rotatable bonds is 5. The Balaban J connectivity index is 1.63. The van der Waals surface area contributed by atoms with Gasteiger partial charge in [0.05, 0.1) is 6.42 Å². The molecule has 138 valence electrons. The van der Waals surface area contributed by atoms with Crippen LogP contribution >= 0.6 is 0 Å². The van der Waals surface area contributed by atoms with E-state index in [1.807, 2.05) is 0 Å². The van der Waals surface area contributed by atoms with E-state index in [-0.39, 0.29) is 24.3 Å². The second-order valence-electron chi connectivity index (χ2n) is 7.37. The van der Waals surface area contributed by atoms with Crippen LogP contribution in [-0.2, 0) is 14.4 Å². The molecule has 8 nitrogen and oxygen atoms in total. The summed E-state index contributed by atoms with van der Waals surface area (Å²) >= 11 is 0. The Morgan fingerprint density at radius 3 is 2.32 bits per heavy atom. The normalized spacial score (nSPS) is 26.0. The van der Waals surface area contributed by atoms with Crippen LogP contribution in [0.5, 0.6) is 0 Å². The third kappa shape index (κ3) is 4.11. The van der Waals surface area contributed by atoms with Crippen molar-refractivity contribution in [2.75, 3.05) is 0 Å². The Hall–Kier alpha value is -2.12. The molecule has 1 heterocycles. The molecule has 8 heteroatoms. The molecule has 0 aromatic carbocycles. The van der Waals surface area contributed by atoms with Crippen molar-refractivity contribution in [3.8, 4) is 0 Å². The number of nitrogens with one attached hydrogen (secondary N) is 4. The van der Waals surface area contributed by atoms with E-state index in [0.29, 0.717) is 12.8 Å². The van der Waals surface area contributed by atoms with Gasteiger partial charge in [0.15, 0.2) is 0 Å². The van der Waals surface area contributed by atoms with Crippen LogP contribution in [0.25, 0.3) is 0 Å². The standard InChI is InChI=1S/C17H26N4O4/c22-13(10-12-14(23)20-16(25)19-12)21-17(8-4-1-5-9-17)15(24)18-11-6-2-3-7-11/h11-12H,1-10H2,(H,18,24)(H,21,22)(H2,19,20,23,25)/t12-/m1/s1. The molecule has 3 rings (SSSR count). The number of amides is 5. The second-order valence-corrected chi connectivity index (χ2v) is 7.37. The molecular formula is C17H26N4O4. The summed E-state index contributed by atoms with van der Waals surface area (Å²) in [5.74, 6) is -0.994. The van der Waals surface area contributed by atoms with Gasteiger partial charge in [-0.05, 0) is 25.7 Å². The lowest BCUT2D eigenvalue weighted by Crippen LogP contribution is -2.61. The van der Waals surface area contributed by atoms with Crippen molar-refractivity contribution in [2.24, 2.45) is 0 Å². The molecule has 0 bridgehead atoms. The molecule has 25 heavy (non-hydrogen) atoms. The molecule has 0 aromatic rings. The van der Waals surface area contributed by atoms with Crippen molar-refractivity contribution in [1.82, 2.24) is 21.3 Å². The molecule has 0 unspecified atom stereocenters. The molecule has 3 aliphatic rings. The predicted octanol–water partition coefficient (Wildman–Crippen LogP) is 0.462. The quantitative estimate of drug-likeness (QED) is 0.539. The highest BCUT2D eigenvalue weighted by molar-refractivity contribution is 6.06. The van der Waals surface area contributed by atoms with Crippen LogP contribution in [0.4, 0.5) is 4.79 Å². The van der Waals surface area contributed by atoms with Crippen LogP contribution in [0, 0.1) is 0 Å². The number of carbonyl (C=O) groups is 4. The summed E-state index contributed by atoms with van der Waals surface area (Å²) in [7, 11) is 0. The lowest BCUT2D eigenvalue weighted by Gasteiger charge is -2.37. The average Bonchev–Trinajstić information content (AvgIpc) is 3.18. The lowest BCUT2D eigenvalue weighted by atomic mass is 9.80. The van der Waals surface area contributed by atoms with Crippen molar-refractivity contribution >= 4 is 23.8 Å². The largest absolute Gasteiger partial charge is 0.351 e. The first kappa shape index (κ1) is 17.7. The van der Waals surface area contributed by atoms with Crippen LogP contribution in [0.1, 0.15) is 64.2 Å². The van der Waals surface area contributed by atoms with E-state index < -0.39 is 23.5 Å². The highest BCUT2D eigenvalue weighted by Gasteiger charge is 2.42. The van der Waals surface area contributed by atoms with E-state index in [0.717, 1.165) is 44.9 Å². The van der Waals surface area contributed by atoms with Crippen LogP contribution in [-0.4, -0.2) is 41.4 Å². The zero-order chi connectivity index (χ0) is 17.9. The fourth-order valence-electron chi connectivity index (χ4n) is 4.06. The summed E-state index contributed by atoms with van der Waals surface area (Å²) in [6.07, 6.45) is 8.13. The number of hydrogen-bond donors (Lipinski definition) is 4. The summed E-state index contributed by atoms with van der Waals surface area (Å²) < 4.78 is 0. The van der Waals surface area contributed by atoms with Crippen molar-refractivity contribution < 1.29 is 19.2 Å². The van der Waals surface area contributed by atoms with Gasteiger partial charge in [-0.15, -0.1) is 0 Å². The Bertz CT molecular complexity index is 565. The third-order valence-electron chi connectivity index (χ3n) is 5.46. The Morgan fingerprint density at radius 1 is 1.04 bits per heavy atom. The lowest BCUT2D eigenvalue weighted by molar-refractivity contribution is -0.136. The Labute approximate surface area is 146 Å². The van der Waals surface area contributed by atoms with Crippen molar-refractivity contribution in [1.29, 1.82) is 0 Å². The van der Waals surface area contributed by atoms with Gasteiger partial charge in [-0.3, -0.25) is 19.7 Å². The Kier molecular flexibility index (Phi) is 5.24. The van der Waals surface area contributed by atoms with Crippen LogP contribution in [0.15, 0.2) is 0 Å². The summed E-state index contributed by atoms with van der Waals surface area (Å²) in [4.78, 5) is 48.1. The van der Waals surface area contributed by atoms with E-state index in [1.54, 1.807) is 0 Å². The molecule has 1 aliphatic heterocycles. The molecule has 1 atom stereocenters. The van der Waals surface area contributed by atoms with Crippen LogP contribution in [0.2, 0.25) is 0 Å². The maximum absolute atomic E-state index is 12.9. The SMILES string of the molecule is O=C(C[C@H]1NC(=O)NC1=O)NC1(C(=O)NC2CCCC2)CCCCC1. The Morgan fingerprint density at radius 2 is 1.72 bits per heavy atom. The van der Waals surface area contributed by atoms with Gasteiger partial charge < -0.3 is 16.0 Å². The van der Waals surface area contributed by atoms with E-state index in [4.69, 9.17) is 0 Å². The van der Waals surface area contributed by atoms with Crippen molar-refractivity contribution in [3.05, 3.63) is 0 Å². The van der Waals surface area contributed by atoms with Crippen molar-refractivity contribution in [2.45, 2.75) is 81.8 Å². The minimum Gasteiger partial charge on any atom is -0.351 e. The van der Waals surface area contributed by atoms with Crippen LogP contribution in [0.3, 0.4) is 0 Å². The summed E-state index contributed by atoms with van der Waals surface area (Å²) in [5.41, 5.74) is -0.892. The number of hydrogen-bond acceptors (Lipinski definition) is 4. The molecule has 0 spiro atoms. The van der Waals surface area contributed by atoms with Gasteiger partial charge in [0.1, 0.15) is 11.6 Å². The molecule has 2 saturated carbocycles. The molecule has 2 aliphatic carbocycles. The van der Waals surface area contributed by atoms with E-state index in [9.17, 15) is 19.2 Å². The van der Waals surface area contributed by atoms with E-state index in [1.165, 1.54) is 0 Å². The molecule has 0 aromatic heterocycles. The third-order valence-corrected chi connectivity index (χ3v) is 5.46. The topological polar surface area (TPSA) is 116 Å². The fourth-order valence-corrected chi connectivity index (χ4v) is 4.06. The van der Waals surface area contributed by atoms with E-state index in [2.05, 4.69) is 21.3 Å². The highest BCUT2D eigenvalue weighted by atomic mass is 16.2. The first-order valence-corrected chi connectivity index (χ1v) is 9.22. The van der Waals surface area contributed by atoms with Crippen molar-refractivity contribution in [3.63, 3.8) is 0 Å². The molecule has 1 saturated heterocycles. The highest BCUT2D eigenvalue weighted by Crippen LogP contribution is 2.30. The zero-order valence-corrected chi connectivity index (χ0v) is 14.4. The van der Waals surface area contributed by atoms with Gasteiger partial charge in [-0.1, -0.05) is 32.1 Å².